The Bertz CT molecular complexity index is 122. The van der Waals surface area contributed by atoms with Crippen LogP contribution in [0, 0.1) is 0 Å². The molecule has 80 valence electrons. The maximum atomic E-state index is 9.49. The molecule has 0 fully saturated rings. The van der Waals surface area contributed by atoms with Crippen LogP contribution in [0.2, 0.25) is 0 Å². The van der Waals surface area contributed by atoms with E-state index in [1.807, 2.05) is 0 Å². The summed E-state index contributed by atoms with van der Waals surface area (Å²) in [6, 6.07) is 0. The van der Waals surface area contributed by atoms with Crippen LogP contribution in [0.15, 0.2) is 0 Å². The van der Waals surface area contributed by atoms with E-state index < -0.39 is 11.9 Å². The monoisotopic (exact) mass is 260 g/mol. The van der Waals surface area contributed by atoms with Crippen molar-refractivity contribution in [3.63, 3.8) is 0 Å². The van der Waals surface area contributed by atoms with E-state index in [1.165, 1.54) is 0 Å². The van der Waals surface area contributed by atoms with Gasteiger partial charge in [0.05, 0.1) is 0 Å². The van der Waals surface area contributed by atoms with Crippen molar-refractivity contribution in [2.45, 2.75) is 39.5 Å². The van der Waals surface area contributed by atoms with E-state index in [2.05, 4.69) is 0 Å². The Morgan fingerprint density at radius 3 is 1.14 bits per heavy atom. The number of hydrogen-bond donors (Lipinski definition) is 0. The van der Waals surface area contributed by atoms with Crippen molar-refractivity contribution in [1.29, 1.82) is 0 Å². The van der Waals surface area contributed by atoms with Crippen LogP contribution in [0.3, 0.4) is 0 Å². The molecule has 5 nitrogen and oxygen atoms in total. The molecular weight excluding hydrogens is 246 g/mol. The van der Waals surface area contributed by atoms with E-state index in [9.17, 15) is 19.8 Å². The zero-order valence-corrected chi connectivity index (χ0v) is 10.9. The zero-order valence-electron chi connectivity index (χ0n) is 8.49. The van der Waals surface area contributed by atoms with Gasteiger partial charge in [0.15, 0.2) is 0 Å². The molecule has 0 aromatic rings. The van der Waals surface area contributed by atoms with Crippen molar-refractivity contribution in [1.82, 2.24) is 0 Å². The van der Waals surface area contributed by atoms with Gasteiger partial charge in [0, 0.05) is 11.9 Å². The quantitative estimate of drug-likeness (QED) is 0.572. The first kappa shape index (κ1) is 23.4. The van der Waals surface area contributed by atoms with E-state index in [0.29, 0.717) is 12.8 Å². The van der Waals surface area contributed by atoms with Gasteiger partial charge in [-0.05, 0) is 12.8 Å². The zero-order chi connectivity index (χ0) is 9.98. The minimum Gasteiger partial charge on any atom is -0.870 e. The van der Waals surface area contributed by atoms with E-state index in [0.717, 1.165) is 0 Å². The minimum atomic E-state index is -0.961. The van der Waals surface area contributed by atoms with Crippen LogP contribution < -0.4 is 10.2 Å². The second-order valence-corrected chi connectivity index (χ2v) is 2.24. The molecular formula is C8H15GaO5. The van der Waals surface area contributed by atoms with Gasteiger partial charge < -0.3 is 25.3 Å². The Hall–Kier alpha value is -0.464. The molecule has 0 rings (SSSR count). The molecule has 0 spiro atoms. The van der Waals surface area contributed by atoms with Crippen LogP contribution in [0.25, 0.3) is 0 Å². The average Bonchev–Trinajstić information content (AvgIpc) is 1.87. The Labute approximate surface area is 96.9 Å². The predicted molar refractivity (Wildman–Crippen MR) is 47.5 cm³/mol. The smallest absolute Gasteiger partial charge is 0.870 e. The molecule has 1 N–H and O–H groups in total. The average molecular weight is 261 g/mol. The molecule has 0 heterocycles. The summed E-state index contributed by atoms with van der Waals surface area (Å²) in [5.74, 6) is -1.92. The summed E-state index contributed by atoms with van der Waals surface area (Å²) in [7, 11) is 0. The summed E-state index contributed by atoms with van der Waals surface area (Å²) >= 11 is 0. The van der Waals surface area contributed by atoms with Gasteiger partial charge in [0.1, 0.15) is 0 Å². The molecule has 0 aromatic heterocycles. The number of carboxylic acids is 2. The third-order valence-electron chi connectivity index (χ3n) is 0.908. The number of rotatable bonds is 4. The van der Waals surface area contributed by atoms with Gasteiger partial charge in [-0.15, -0.1) is 0 Å². The van der Waals surface area contributed by atoms with Gasteiger partial charge in [-0.1, -0.05) is 26.7 Å². The van der Waals surface area contributed by atoms with E-state index in [4.69, 9.17) is 0 Å². The van der Waals surface area contributed by atoms with Crippen LogP contribution in [0.1, 0.15) is 39.5 Å². The Balaban J connectivity index is -0.0000000625. The molecule has 0 saturated carbocycles. The number of carbonyl (C=O) groups is 2. The molecule has 0 atom stereocenters. The molecule has 0 saturated heterocycles. The summed E-state index contributed by atoms with van der Waals surface area (Å²) in [6.45, 7) is 3.60. The fourth-order valence-corrected chi connectivity index (χ4v) is 0.408. The Morgan fingerprint density at radius 2 is 1.14 bits per heavy atom. The van der Waals surface area contributed by atoms with Gasteiger partial charge >= 0.3 is 19.8 Å². The van der Waals surface area contributed by atoms with Crippen molar-refractivity contribution < 1.29 is 25.3 Å². The maximum absolute atomic E-state index is 9.49. The normalized spacial score (nSPS) is 7.00. The second-order valence-electron chi connectivity index (χ2n) is 2.24. The van der Waals surface area contributed by atoms with Crippen molar-refractivity contribution in [2.24, 2.45) is 0 Å². The molecule has 0 amide bonds. The summed E-state index contributed by atoms with van der Waals surface area (Å²) < 4.78 is 0. The standard InChI is InChI=1S/2C4H8O2.Ga.H2O/c2*1-2-3-4(5)6;;/h2*2-3H2,1H3,(H,5,6);;1H2/q;;+3;/p-3. The predicted octanol–water partition coefficient (Wildman–Crippen LogP) is -1.48. The number of carboxylic acid groups (broad SMARTS) is 2. The van der Waals surface area contributed by atoms with Crippen LogP contribution >= 0.6 is 0 Å². The van der Waals surface area contributed by atoms with Gasteiger partial charge in [-0.2, -0.15) is 0 Å². The fourth-order valence-electron chi connectivity index (χ4n) is 0.408. The van der Waals surface area contributed by atoms with E-state index >= 15 is 0 Å². The Morgan fingerprint density at radius 1 is 0.929 bits per heavy atom. The first-order valence-corrected chi connectivity index (χ1v) is 3.94. The number of hydrogen-bond acceptors (Lipinski definition) is 5. The summed E-state index contributed by atoms with van der Waals surface area (Å²) in [4.78, 5) is 19.0. The van der Waals surface area contributed by atoms with Crippen molar-refractivity contribution in [3.05, 3.63) is 0 Å². The second kappa shape index (κ2) is 18.3. The number of carbonyl (C=O) groups excluding carboxylic acids is 2. The van der Waals surface area contributed by atoms with Gasteiger partial charge in [-0.3, -0.25) is 0 Å². The molecule has 0 radical (unpaired) electrons. The first-order chi connectivity index (χ1) is 5.54. The summed E-state index contributed by atoms with van der Waals surface area (Å²) in [6.07, 6.45) is 1.70. The Kier molecular flexibility index (Phi) is 30.7. The first-order valence-electron chi connectivity index (χ1n) is 3.94. The fraction of sp³-hybridized carbons (Fsp3) is 0.750. The third-order valence-corrected chi connectivity index (χ3v) is 0.908. The van der Waals surface area contributed by atoms with Gasteiger partial charge in [-0.25, -0.2) is 0 Å². The molecule has 0 aliphatic carbocycles. The van der Waals surface area contributed by atoms with Crippen molar-refractivity contribution in [2.75, 3.05) is 0 Å². The SMILES string of the molecule is CCCC(=O)[O-].CCCC(=O)[O-].[Ga+3].[OH-]. The molecule has 14 heavy (non-hydrogen) atoms. The summed E-state index contributed by atoms with van der Waals surface area (Å²) in [5, 5.41) is 19.0. The van der Waals surface area contributed by atoms with E-state index in [1.54, 1.807) is 13.8 Å². The van der Waals surface area contributed by atoms with Crippen molar-refractivity contribution in [3.8, 4) is 0 Å². The third kappa shape index (κ3) is 41.8. The largest absolute Gasteiger partial charge is 3.00 e. The molecule has 0 aromatic carbocycles. The minimum absolute atomic E-state index is 0. The molecule has 0 aliphatic heterocycles. The van der Waals surface area contributed by atoms with E-state index in [-0.39, 0.29) is 38.1 Å². The number of aliphatic carboxylic acids is 2. The van der Waals surface area contributed by atoms with Crippen LogP contribution in [-0.4, -0.2) is 37.2 Å². The van der Waals surface area contributed by atoms with Crippen LogP contribution in [0.5, 0.6) is 0 Å². The molecule has 6 heteroatoms. The topological polar surface area (TPSA) is 110 Å². The molecule has 0 bridgehead atoms. The molecule has 0 unspecified atom stereocenters. The van der Waals surface area contributed by atoms with Gasteiger partial charge in [0.25, 0.3) is 0 Å². The van der Waals surface area contributed by atoms with Crippen LogP contribution in [-0.2, 0) is 9.59 Å². The van der Waals surface area contributed by atoms with Crippen molar-refractivity contribution >= 4 is 31.7 Å². The van der Waals surface area contributed by atoms with Crippen LogP contribution in [0.4, 0.5) is 0 Å². The van der Waals surface area contributed by atoms with Gasteiger partial charge in [0.2, 0.25) is 0 Å². The summed E-state index contributed by atoms with van der Waals surface area (Å²) in [5.41, 5.74) is 0. The maximum Gasteiger partial charge on any atom is 3.00 e. The molecule has 0 aliphatic rings.